The highest BCUT2D eigenvalue weighted by Gasteiger charge is 2.30. The summed E-state index contributed by atoms with van der Waals surface area (Å²) in [6.07, 6.45) is 4.53. The molecule has 1 aromatic heterocycles. The molecule has 1 atom stereocenters. The molecule has 3 rings (SSSR count). The van der Waals surface area contributed by atoms with Crippen LogP contribution in [0.25, 0.3) is 0 Å². The standard InChI is InChI=1S/C17H20BrN3O3S/c1-13-4-2-5-14(8-13)12-25(22,23)21-7-3-6-16(11-21)24-17-19-9-15(18)10-20-17/h2,4-5,8-10,16H,3,6-7,11-12H2,1H3. The summed E-state index contributed by atoms with van der Waals surface area (Å²) in [5.74, 6) is 0.0101. The zero-order chi connectivity index (χ0) is 17.9. The molecule has 1 aromatic carbocycles. The van der Waals surface area contributed by atoms with Gasteiger partial charge in [0.1, 0.15) is 6.10 Å². The zero-order valence-electron chi connectivity index (χ0n) is 13.9. The molecule has 25 heavy (non-hydrogen) atoms. The fourth-order valence-corrected chi connectivity index (χ4v) is 4.66. The van der Waals surface area contributed by atoms with Gasteiger partial charge in [-0.3, -0.25) is 0 Å². The third kappa shape index (κ3) is 4.99. The number of hydrogen-bond donors (Lipinski definition) is 0. The van der Waals surface area contributed by atoms with E-state index in [-0.39, 0.29) is 17.9 Å². The topological polar surface area (TPSA) is 72.4 Å². The molecular weight excluding hydrogens is 406 g/mol. The van der Waals surface area contributed by atoms with Crippen molar-refractivity contribution in [3.8, 4) is 6.01 Å². The van der Waals surface area contributed by atoms with Crippen molar-refractivity contribution in [2.45, 2.75) is 31.6 Å². The van der Waals surface area contributed by atoms with Crippen LogP contribution in [0, 0.1) is 6.92 Å². The van der Waals surface area contributed by atoms with Gasteiger partial charge in [0.2, 0.25) is 10.0 Å². The van der Waals surface area contributed by atoms with Crippen molar-refractivity contribution >= 4 is 26.0 Å². The van der Waals surface area contributed by atoms with E-state index < -0.39 is 10.0 Å². The van der Waals surface area contributed by atoms with Crippen LogP contribution in [0.15, 0.2) is 41.1 Å². The summed E-state index contributed by atoms with van der Waals surface area (Å²) in [4.78, 5) is 8.18. The van der Waals surface area contributed by atoms with Crippen LogP contribution < -0.4 is 4.74 Å². The Morgan fingerprint density at radius 3 is 2.80 bits per heavy atom. The van der Waals surface area contributed by atoms with Crippen molar-refractivity contribution < 1.29 is 13.2 Å². The summed E-state index contributed by atoms with van der Waals surface area (Å²) < 4.78 is 33.5. The summed E-state index contributed by atoms with van der Waals surface area (Å²) >= 11 is 3.27. The Labute approximate surface area is 156 Å². The lowest BCUT2D eigenvalue weighted by Gasteiger charge is -2.31. The molecule has 6 nitrogen and oxygen atoms in total. The number of ether oxygens (including phenoxy) is 1. The number of hydrogen-bond acceptors (Lipinski definition) is 5. The van der Waals surface area contributed by atoms with Crippen LogP contribution in [-0.4, -0.2) is 41.9 Å². The maximum Gasteiger partial charge on any atom is 0.316 e. The Balaban J connectivity index is 1.66. The minimum Gasteiger partial charge on any atom is -0.459 e. The number of aryl methyl sites for hydroxylation is 1. The smallest absolute Gasteiger partial charge is 0.316 e. The maximum atomic E-state index is 12.7. The average Bonchev–Trinajstić information content (AvgIpc) is 2.57. The molecule has 8 heteroatoms. The number of benzene rings is 1. The highest BCUT2D eigenvalue weighted by atomic mass is 79.9. The van der Waals surface area contributed by atoms with Crippen LogP contribution in [0.5, 0.6) is 6.01 Å². The van der Waals surface area contributed by atoms with Gasteiger partial charge in [-0.15, -0.1) is 0 Å². The molecule has 0 radical (unpaired) electrons. The van der Waals surface area contributed by atoms with E-state index in [0.29, 0.717) is 13.1 Å². The van der Waals surface area contributed by atoms with Gasteiger partial charge in [-0.1, -0.05) is 29.8 Å². The van der Waals surface area contributed by atoms with E-state index in [4.69, 9.17) is 4.74 Å². The molecule has 1 saturated heterocycles. The Morgan fingerprint density at radius 1 is 1.32 bits per heavy atom. The van der Waals surface area contributed by atoms with Gasteiger partial charge in [-0.2, -0.15) is 4.31 Å². The molecular formula is C17H20BrN3O3S. The maximum absolute atomic E-state index is 12.7. The number of sulfonamides is 1. The molecule has 1 unspecified atom stereocenters. The number of rotatable bonds is 5. The minimum absolute atomic E-state index is 0.0101. The van der Waals surface area contributed by atoms with Crippen LogP contribution in [0.2, 0.25) is 0 Å². The van der Waals surface area contributed by atoms with Crippen molar-refractivity contribution in [2.75, 3.05) is 13.1 Å². The van der Waals surface area contributed by atoms with Crippen molar-refractivity contribution in [3.63, 3.8) is 0 Å². The van der Waals surface area contributed by atoms with Gasteiger partial charge < -0.3 is 4.74 Å². The first-order valence-corrected chi connectivity index (χ1v) is 10.5. The lowest BCUT2D eigenvalue weighted by atomic mass is 10.1. The van der Waals surface area contributed by atoms with Gasteiger partial charge in [-0.05, 0) is 41.3 Å². The lowest BCUT2D eigenvalue weighted by Crippen LogP contribution is -2.44. The third-order valence-corrected chi connectivity index (χ3v) is 6.26. The predicted molar refractivity (Wildman–Crippen MR) is 98.8 cm³/mol. The second-order valence-corrected chi connectivity index (χ2v) is 9.05. The predicted octanol–water partition coefficient (Wildman–Crippen LogP) is 2.92. The van der Waals surface area contributed by atoms with Gasteiger partial charge in [0.15, 0.2) is 0 Å². The van der Waals surface area contributed by atoms with Gasteiger partial charge >= 0.3 is 6.01 Å². The lowest BCUT2D eigenvalue weighted by molar-refractivity contribution is 0.119. The first kappa shape index (κ1) is 18.3. The molecule has 2 heterocycles. The highest BCUT2D eigenvalue weighted by Crippen LogP contribution is 2.21. The summed E-state index contributed by atoms with van der Waals surface area (Å²) in [5.41, 5.74) is 1.86. The first-order valence-electron chi connectivity index (χ1n) is 8.10. The van der Waals surface area contributed by atoms with Crippen LogP contribution in [0.4, 0.5) is 0 Å². The SMILES string of the molecule is Cc1cccc(CS(=O)(=O)N2CCCC(Oc3ncc(Br)cn3)C2)c1. The van der Waals surface area contributed by atoms with Crippen molar-refractivity contribution in [1.29, 1.82) is 0 Å². The van der Waals surface area contributed by atoms with Gasteiger partial charge in [0.05, 0.1) is 16.8 Å². The van der Waals surface area contributed by atoms with Crippen LogP contribution in [0.1, 0.15) is 24.0 Å². The summed E-state index contributed by atoms with van der Waals surface area (Å²) in [6, 6.07) is 7.86. The normalized spacial score (nSPS) is 18.9. The Hall–Kier alpha value is -1.51. The summed E-state index contributed by atoms with van der Waals surface area (Å²) in [5, 5.41) is 0. The number of piperidine rings is 1. The molecule has 1 aliphatic rings. The molecule has 0 N–H and O–H groups in total. The minimum atomic E-state index is -3.38. The molecule has 0 saturated carbocycles. The summed E-state index contributed by atoms with van der Waals surface area (Å²) in [7, 11) is -3.38. The number of aromatic nitrogens is 2. The molecule has 1 aliphatic heterocycles. The Morgan fingerprint density at radius 2 is 2.08 bits per heavy atom. The number of halogens is 1. The Bertz CT molecular complexity index is 827. The highest BCUT2D eigenvalue weighted by molar-refractivity contribution is 9.10. The van der Waals surface area contributed by atoms with E-state index in [1.54, 1.807) is 12.4 Å². The first-order chi connectivity index (χ1) is 11.9. The van der Waals surface area contributed by atoms with E-state index in [1.807, 2.05) is 31.2 Å². The fraction of sp³-hybridized carbons (Fsp3) is 0.412. The van der Waals surface area contributed by atoms with Crippen molar-refractivity contribution in [1.82, 2.24) is 14.3 Å². The summed E-state index contributed by atoms with van der Waals surface area (Å²) in [6.45, 7) is 2.81. The van der Waals surface area contributed by atoms with Gasteiger partial charge in [-0.25, -0.2) is 18.4 Å². The largest absolute Gasteiger partial charge is 0.459 e. The van der Waals surface area contributed by atoms with E-state index in [2.05, 4.69) is 25.9 Å². The van der Waals surface area contributed by atoms with E-state index >= 15 is 0 Å². The van der Waals surface area contributed by atoms with Gasteiger partial charge in [0, 0.05) is 18.9 Å². The average molecular weight is 426 g/mol. The molecule has 2 aromatic rings. The quantitative estimate of drug-likeness (QED) is 0.735. The third-order valence-electron chi connectivity index (χ3n) is 4.03. The van der Waals surface area contributed by atoms with Crippen molar-refractivity contribution in [3.05, 3.63) is 52.3 Å². The van der Waals surface area contributed by atoms with E-state index in [1.165, 1.54) is 4.31 Å². The molecule has 0 bridgehead atoms. The van der Waals surface area contributed by atoms with Crippen LogP contribution in [0.3, 0.4) is 0 Å². The van der Waals surface area contributed by atoms with Crippen molar-refractivity contribution in [2.24, 2.45) is 0 Å². The molecule has 0 amide bonds. The van der Waals surface area contributed by atoms with Crippen LogP contribution >= 0.6 is 15.9 Å². The van der Waals surface area contributed by atoms with Crippen LogP contribution in [-0.2, 0) is 15.8 Å². The van der Waals surface area contributed by atoms with E-state index in [0.717, 1.165) is 28.4 Å². The second-order valence-electron chi connectivity index (χ2n) is 6.17. The van der Waals surface area contributed by atoms with Gasteiger partial charge in [0.25, 0.3) is 0 Å². The zero-order valence-corrected chi connectivity index (χ0v) is 16.3. The second kappa shape index (κ2) is 7.80. The molecule has 1 fully saturated rings. The number of nitrogens with zero attached hydrogens (tertiary/aromatic N) is 3. The fourth-order valence-electron chi connectivity index (χ4n) is 2.87. The monoisotopic (exact) mass is 425 g/mol. The molecule has 0 spiro atoms. The van der Waals surface area contributed by atoms with E-state index in [9.17, 15) is 8.42 Å². The Kier molecular flexibility index (Phi) is 5.71. The molecule has 0 aliphatic carbocycles. The molecule has 134 valence electrons.